The van der Waals surface area contributed by atoms with Gasteiger partial charge >= 0.3 is 6.43 Å². The van der Waals surface area contributed by atoms with Crippen molar-refractivity contribution in [2.45, 2.75) is 40.3 Å². The lowest BCUT2D eigenvalue weighted by Gasteiger charge is -2.37. The van der Waals surface area contributed by atoms with Crippen molar-refractivity contribution in [2.24, 2.45) is 5.41 Å². The highest BCUT2D eigenvalue weighted by molar-refractivity contribution is 7.85. The Balaban J connectivity index is 0.000000440. The summed E-state index contributed by atoms with van der Waals surface area (Å²) in [7, 11) is 1.24. The molecule has 2 aromatic carbocycles. The van der Waals surface area contributed by atoms with Gasteiger partial charge in [-0.1, -0.05) is 39.0 Å². The minimum Gasteiger partial charge on any atom is -0.415 e. The Morgan fingerprint density at radius 2 is 1.62 bits per heavy atom. The van der Waals surface area contributed by atoms with E-state index in [1.807, 2.05) is 11.9 Å². The average molecular weight is 649 g/mol. The lowest BCUT2D eigenvalue weighted by molar-refractivity contribution is -0.117. The van der Waals surface area contributed by atoms with E-state index in [1.165, 1.54) is 11.6 Å². The predicted molar refractivity (Wildman–Crippen MR) is 170 cm³/mol. The predicted octanol–water partition coefficient (Wildman–Crippen LogP) is 4.82. The van der Waals surface area contributed by atoms with Gasteiger partial charge in [0.2, 0.25) is 12.3 Å². The number of alkyl halides is 2. The molecule has 0 saturated carbocycles. The maximum absolute atomic E-state index is 14.7. The summed E-state index contributed by atoms with van der Waals surface area (Å²) in [4.78, 5) is 18.7. The van der Waals surface area contributed by atoms with E-state index in [-0.39, 0.29) is 11.5 Å². The Labute approximate surface area is 265 Å². The van der Waals surface area contributed by atoms with E-state index < -0.39 is 28.9 Å². The summed E-state index contributed by atoms with van der Waals surface area (Å²) >= 11 is 0. The molecule has 2 fully saturated rings. The molecule has 0 spiro atoms. The van der Waals surface area contributed by atoms with Crippen molar-refractivity contribution in [3.63, 3.8) is 0 Å². The van der Waals surface area contributed by atoms with Crippen LogP contribution in [0.4, 0.5) is 18.9 Å². The molecule has 13 heteroatoms. The van der Waals surface area contributed by atoms with E-state index in [1.54, 1.807) is 17.0 Å². The van der Waals surface area contributed by atoms with Crippen molar-refractivity contribution in [1.29, 1.82) is 0 Å². The minimum absolute atomic E-state index is 0.129. The molecule has 2 aliphatic heterocycles. The zero-order chi connectivity index (χ0) is 32.6. The quantitative estimate of drug-likeness (QED) is 0.306. The third-order valence-corrected chi connectivity index (χ3v) is 8.92. The van der Waals surface area contributed by atoms with Gasteiger partial charge in [-0.25, -0.2) is 4.39 Å². The summed E-state index contributed by atoms with van der Waals surface area (Å²) in [6.45, 7) is 14.9. The number of halogens is 3. The molecule has 5 rings (SSSR count). The number of hydrogen-bond acceptors (Lipinski definition) is 8. The van der Waals surface area contributed by atoms with Crippen molar-refractivity contribution in [2.75, 3.05) is 69.3 Å². The second kappa shape index (κ2) is 15.8. The van der Waals surface area contributed by atoms with E-state index in [9.17, 15) is 22.2 Å². The van der Waals surface area contributed by atoms with Crippen molar-refractivity contribution in [1.82, 2.24) is 24.9 Å². The van der Waals surface area contributed by atoms with Gasteiger partial charge in [0.25, 0.3) is 5.89 Å². The fraction of sp³-hybridized carbons (Fsp3) is 0.531. The van der Waals surface area contributed by atoms with Crippen LogP contribution in [0, 0.1) is 11.2 Å². The van der Waals surface area contributed by atoms with Crippen LogP contribution in [0.5, 0.6) is 0 Å². The number of carbonyl (C=O) groups excluding carboxylic acids is 1. The molecule has 3 heterocycles. The second-order valence-electron chi connectivity index (χ2n) is 12.7. The first-order valence-corrected chi connectivity index (χ1v) is 16.6. The second-order valence-corrected chi connectivity index (χ2v) is 14.4. The number of aromatic nitrogens is 2. The van der Waals surface area contributed by atoms with E-state index in [0.29, 0.717) is 42.1 Å². The molecule has 246 valence electrons. The monoisotopic (exact) mass is 648 g/mol. The van der Waals surface area contributed by atoms with Crippen LogP contribution in [0.1, 0.15) is 44.2 Å². The summed E-state index contributed by atoms with van der Waals surface area (Å²) in [6, 6.07) is 12.8. The zero-order valence-corrected chi connectivity index (χ0v) is 27.2. The van der Waals surface area contributed by atoms with Crippen LogP contribution in [0.2, 0.25) is 0 Å². The summed E-state index contributed by atoms with van der Waals surface area (Å²) < 4.78 is 55.7. The normalized spacial score (nSPS) is 16.8. The zero-order valence-electron chi connectivity index (χ0n) is 26.4. The van der Waals surface area contributed by atoms with Gasteiger partial charge in [-0.05, 0) is 35.2 Å². The fourth-order valence-electron chi connectivity index (χ4n) is 5.24. The molecular formula is C32H43F3N6O3S. The van der Waals surface area contributed by atoms with Gasteiger partial charge in [0, 0.05) is 105 Å². The van der Waals surface area contributed by atoms with Crippen molar-refractivity contribution in [3.05, 3.63) is 65.3 Å². The van der Waals surface area contributed by atoms with Gasteiger partial charge in [-0.2, -0.15) is 8.78 Å². The molecule has 0 unspecified atom stereocenters. The van der Waals surface area contributed by atoms with E-state index in [4.69, 9.17) is 4.42 Å². The molecule has 0 N–H and O–H groups in total. The summed E-state index contributed by atoms with van der Waals surface area (Å²) in [5.41, 5.74) is 3.31. The average Bonchev–Trinajstić information content (AvgIpc) is 3.51. The minimum atomic E-state index is -2.86. The Morgan fingerprint density at radius 3 is 2.18 bits per heavy atom. The van der Waals surface area contributed by atoms with Crippen LogP contribution in [0.3, 0.4) is 0 Å². The molecule has 1 amide bonds. The molecule has 0 bridgehead atoms. The fourth-order valence-corrected chi connectivity index (χ4v) is 6.32. The first-order chi connectivity index (χ1) is 21.4. The molecule has 0 aliphatic carbocycles. The Bertz CT molecular complexity index is 1400. The lowest BCUT2D eigenvalue weighted by atomic mass is 9.96. The number of carbonyl (C=O) groups is 1. The van der Waals surface area contributed by atoms with Crippen LogP contribution in [-0.2, 0) is 28.7 Å². The molecule has 45 heavy (non-hydrogen) atoms. The van der Waals surface area contributed by atoms with Crippen LogP contribution < -0.4 is 4.90 Å². The molecule has 9 nitrogen and oxygen atoms in total. The molecule has 3 aromatic rings. The first-order valence-electron chi connectivity index (χ1n) is 15.1. The maximum Gasteiger partial charge on any atom is 0.314 e. The number of rotatable bonds is 9. The smallest absolute Gasteiger partial charge is 0.314 e. The highest BCUT2D eigenvalue weighted by Crippen LogP contribution is 2.26. The van der Waals surface area contributed by atoms with Gasteiger partial charge in [0.1, 0.15) is 5.82 Å². The van der Waals surface area contributed by atoms with Crippen LogP contribution in [-0.4, -0.2) is 99.9 Å². The number of benzene rings is 2. The van der Waals surface area contributed by atoms with Gasteiger partial charge in [0.15, 0.2) is 0 Å². The van der Waals surface area contributed by atoms with Crippen LogP contribution >= 0.6 is 0 Å². The lowest BCUT2D eigenvalue weighted by Crippen LogP contribution is -2.48. The number of amides is 1. The topological polar surface area (TPSA) is 86.0 Å². The number of hydrogen-bond donors (Lipinski definition) is 0. The Morgan fingerprint density at radius 1 is 0.978 bits per heavy atom. The third-order valence-electron chi connectivity index (χ3n) is 7.64. The first kappa shape index (κ1) is 34.6. The molecule has 1 aromatic heterocycles. The van der Waals surface area contributed by atoms with Gasteiger partial charge in [-0.3, -0.25) is 13.9 Å². The van der Waals surface area contributed by atoms with Crippen molar-refractivity contribution >= 4 is 22.9 Å². The number of anilines is 1. The van der Waals surface area contributed by atoms with E-state index in [2.05, 4.69) is 65.0 Å². The number of piperazine rings is 1. The largest absolute Gasteiger partial charge is 0.415 e. The highest BCUT2D eigenvalue weighted by Gasteiger charge is 2.22. The van der Waals surface area contributed by atoms with Crippen LogP contribution in [0.15, 0.2) is 46.9 Å². The van der Waals surface area contributed by atoms with Crippen LogP contribution in [0.25, 0.3) is 11.5 Å². The summed E-state index contributed by atoms with van der Waals surface area (Å²) in [5, 5.41) is 6.86. The molecule has 2 saturated heterocycles. The Kier molecular flexibility index (Phi) is 12.2. The van der Waals surface area contributed by atoms with E-state index in [0.717, 1.165) is 51.4 Å². The number of nitrogens with zero attached hydrogens (tertiary/aromatic N) is 6. The van der Waals surface area contributed by atoms with Gasteiger partial charge in [-0.15, -0.1) is 10.2 Å². The molecular weight excluding hydrogens is 605 g/mol. The van der Waals surface area contributed by atoms with Gasteiger partial charge < -0.3 is 19.1 Å². The van der Waals surface area contributed by atoms with E-state index >= 15 is 0 Å². The summed E-state index contributed by atoms with van der Waals surface area (Å²) in [6.07, 6.45) is -2.05. The highest BCUT2D eigenvalue weighted by atomic mass is 32.2. The molecule has 2 aliphatic rings. The molecule has 0 radical (unpaired) electrons. The summed E-state index contributed by atoms with van der Waals surface area (Å²) in [5.74, 6) is -0.0635. The molecule has 0 atom stereocenters. The standard InChI is InChI=1S/C27H34F3N5O.C5H9NO2S/c1-27(2,3)18-35-13-11-34(12-14-35)16-19-5-9-22(10-6-19)33(4)17-21-8-7-20(15-23(21)28)25-31-32-26(36-25)24(29)30;7-5-6-1-3-9(8)4-2-6/h5-10,15,24H,11-14,16-18H2,1-4H3;5H,1-4H2. The SMILES string of the molecule is CN(Cc1ccc(-c2nnc(C(F)F)o2)cc1F)c1ccc(CN2CCN(CC(C)(C)C)CC2)cc1.O=CN1CCS(=O)CC1. The third kappa shape index (κ3) is 10.6. The van der Waals surface area contributed by atoms with Gasteiger partial charge in [0.05, 0.1) is 0 Å². The van der Waals surface area contributed by atoms with Crippen molar-refractivity contribution < 1.29 is 26.6 Å². The maximum atomic E-state index is 14.7. The Hall–Kier alpha value is -3.29. The van der Waals surface area contributed by atoms with Crippen molar-refractivity contribution in [3.8, 4) is 11.5 Å².